The fraction of sp³-hybridized carbons (Fsp3) is 0.462. The summed E-state index contributed by atoms with van der Waals surface area (Å²) < 4.78 is 28.8. The first-order valence-electron chi connectivity index (χ1n) is 5.67. The van der Waals surface area contributed by atoms with Gasteiger partial charge in [0.15, 0.2) is 0 Å². The summed E-state index contributed by atoms with van der Waals surface area (Å²) in [5.41, 5.74) is -2.13. The van der Waals surface area contributed by atoms with Crippen molar-refractivity contribution in [3.05, 3.63) is 35.9 Å². The Labute approximate surface area is 98.3 Å². The molecule has 17 heavy (non-hydrogen) atoms. The van der Waals surface area contributed by atoms with E-state index in [1.165, 1.54) is 24.3 Å². The third-order valence-corrected chi connectivity index (χ3v) is 3.60. The molecule has 0 aliphatic heterocycles. The summed E-state index contributed by atoms with van der Waals surface area (Å²) in [5, 5.41) is 9.18. The van der Waals surface area contributed by atoms with Crippen molar-refractivity contribution in [1.29, 1.82) is 0 Å². The zero-order valence-corrected chi connectivity index (χ0v) is 9.33. The van der Waals surface area contributed by atoms with Crippen molar-refractivity contribution in [2.24, 2.45) is 5.41 Å². The third-order valence-electron chi connectivity index (χ3n) is 3.60. The molecule has 2 nitrogen and oxygen atoms in total. The molecule has 0 radical (unpaired) electrons. The van der Waals surface area contributed by atoms with Crippen LogP contribution in [0.3, 0.4) is 0 Å². The van der Waals surface area contributed by atoms with Gasteiger partial charge in [0.2, 0.25) is 0 Å². The fourth-order valence-electron chi connectivity index (χ4n) is 2.56. The van der Waals surface area contributed by atoms with E-state index >= 15 is 0 Å². The van der Waals surface area contributed by atoms with E-state index in [0.29, 0.717) is 12.8 Å². The van der Waals surface area contributed by atoms with Crippen LogP contribution in [0.4, 0.5) is 8.78 Å². The van der Waals surface area contributed by atoms with Crippen molar-refractivity contribution in [2.75, 3.05) is 0 Å². The number of alkyl halides is 2. The predicted molar refractivity (Wildman–Crippen MR) is 58.9 cm³/mol. The summed E-state index contributed by atoms with van der Waals surface area (Å²) in [4.78, 5) is 11.3. The molecule has 1 N–H and O–H groups in total. The highest BCUT2D eigenvalue weighted by atomic mass is 19.3. The van der Waals surface area contributed by atoms with Gasteiger partial charge in [0.25, 0.3) is 5.92 Å². The monoisotopic (exact) mass is 240 g/mol. The van der Waals surface area contributed by atoms with Gasteiger partial charge >= 0.3 is 5.97 Å². The zero-order valence-electron chi connectivity index (χ0n) is 9.33. The Morgan fingerprint density at radius 1 is 1.18 bits per heavy atom. The van der Waals surface area contributed by atoms with E-state index in [0.717, 1.165) is 0 Å². The number of carbonyl (C=O) groups is 1. The number of halogens is 2. The van der Waals surface area contributed by atoms with Crippen LogP contribution >= 0.6 is 0 Å². The number of carboxylic acid groups (broad SMARTS) is 1. The highest BCUT2D eigenvalue weighted by Gasteiger charge is 2.61. The van der Waals surface area contributed by atoms with E-state index in [1.54, 1.807) is 6.07 Å². The van der Waals surface area contributed by atoms with E-state index in [-0.39, 0.29) is 18.4 Å². The van der Waals surface area contributed by atoms with Gasteiger partial charge in [-0.05, 0) is 12.8 Å². The molecule has 0 saturated heterocycles. The third kappa shape index (κ3) is 1.72. The Hall–Kier alpha value is -1.45. The Bertz CT molecular complexity index is 409. The summed E-state index contributed by atoms with van der Waals surface area (Å²) in [6.45, 7) is 0. The van der Waals surface area contributed by atoms with Crippen LogP contribution in [0.5, 0.6) is 0 Å². The van der Waals surface area contributed by atoms with Crippen molar-refractivity contribution in [2.45, 2.75) is 31.6 Å². The second-order valence-corrected chi connectivity index (χ2v) is 4.53. The topological polar surface area (TPSA) is 37.3 Å². The lowest BCUT2D eigenvalue weighted by molar-refractivity contribution is -0.181. The van der Waals surface area contributed by atoms with Crippen molar-refractivity contribution >= 4 is 5.97 Å². The molecule has 1 aromatic rings. The Morgan fingerprint density at radius 3 is 2.18 bits per heavy atom. The Balaban J connectivity index is 2.46. The van der Waals surface area contributed by atoms with Crippen molar-refractivity contribution in [3.8, 4) is 0 Å². The number of carboxylic acids is 1. The average molecular weight is 240 g/mol. The van der Waals surface area contributed by atoms with E-state index in [9.17, 15) is 18.7 Å². The lowest BCUT2D eigenvalue weighted by Crippen LogP contribution is -2.43. The summed E-state index contributed by atoms with van der Waals surface area (Å²) in [6, 6.07) is 7.25. The minimum atomic E-state index is -3.31. The second kappa shape index (κ2) is 4.09. The molecule has 4 heteroatoms. The summed E-state index contributed by atoms with van der Waals surface area (Å²) >= 11 is 0. The van der Waals surface area contributed by atoms with Crippen LogP contribution in [-0.2, 0) is 10.7 Å². The predicted octanol–water partition coefficient (Wildman–Crippen LogP) is 3.42. The normalized spacial score (nSPS) is 19.2. The van der Waals surface area contributed by atoms with E-state index in [2.05, 4.69) is 0 Å². The molecule has 2 rings (SSSR count). The molecule has 0 spiro atoms. The first-order valence-corrected chi connectivity index (χ1v) is 5.67. The number of hydrogen-bond acceptors (Lipinski definition) is 1. The van der Waals surface area contributed by atoms with Gasteiger partial charge in [-0.3, -0.25) is 4.79 Å². The summed E-state index contributed by atoms with van der Waals surface area (Å²) in [6.07, 6.45) is 1.19. The van der Waals surface area contributed by atoms with Crippen LogP contribution in [0.1, 0.15) is 31.2 Å². The number of aliphatic carboxylic acids is 1. The molecule has 92 valence electrons. The number of benzene rings is 1. The minimum Gasteiger partial charge on any atom is -0.481 e. The van der Waals surface area contributed by atoms with Crippen LogP contribution in [0.15, 0.2) is 30.3 Å². The number of rotatable bonds is 3. The molecule has 1 fully saturated rings. The maximum absolute atomic E-state index is 14.4. The smallest absolute Gasteiger partial charge is 0.316 e. The van der Waals surface area contributed by atoms with Gasteiger partial charge in [0, 0.05) is 5.56 Å². The van der Waals surface area contributed by atoms with Crippen LogP contribution in [0.25, 0.3) is 0 Å². The van der Waals surface area contributed by atoms with Crippen molar-refractivity contribution < 1.29 is 18.7 Å². The minimum absolute atomic E-state index is 0.0459. The average Bonchev–Trinajstić information content (AvgIpc) is 2.81. The van der Waals surface area contributed by atoms with Gasteiger partial charge in [-0.1, -0.05) is 43.2 Å². The second-order valence-electron chi connectivity index (χ2n) is 4.53. The van der Waals surface area contributed by atoms with Gasteiger partial charge in [0.1, 0.15) is 5.41 Å². The molecular weight excluding hydrogens is 226 g/mol. The van der Waals surface area contributed by atoms with Gasteiger partial charge in [0.05, 0.1) is 0 Å². The first-order chi connectivity index (χ1) is 8.01. The Morgan fingerprint density at radius 2 is 1.71 bits per heavy atom. The highest BCUT2D eigenvalue weighted by Crippen LogP contribution is 2.54. The summed E-state index contributed by atoms with van der Waals surface area (Å²) in [7, 11) is 0. The molecule has 0 unspecified atom stereocenters. The van der Waals surface area contributed by atoms with Crippen LogP contribution in [0, 0.1) is 5.41 Å². The lowest BCUT2D eigenvalue weighted by Gasteiger charge is -2.33. The maximum Gasteiger partial charge on any atom is 0.316 e. The van der Waals surface area contributed by atoms with Crippen LogP contribution in [0.2, 0.25) is 0 Å². The molecular formula is C13H14F2O2. The molecule has 1 aliphatic carbocycles. The molecule has 0 amide bonds. The summed E-state index contributed by atoms with van der Waals surface area (Å²) in [5.74, 6) is -4.69. The standard InChI is InChI=1S/C13H14F2O2/c14-13(15,10-6-2-1-3-7-10)12(11(16)17)8-4-5-9-12/h1-3,6-7H,4-5,8-9H2,(H,16,17). The van der Waals surface area contributed by atoms with E-state index in [4.69, 9.17) is 0 Å². The molecule has 0 aromatic heterocycles. The molecule has 1 saturated carbocycles. The molecule has 0 atom stereocenters. The zero-order chi connectivity index (χ0) is 12.5. The largest absolute Gasteiger partial charge is 0.481 e. The first kappa shape index (κ1) is 12.0. The van der Waals surface area contributed by atoms with E-state index in [1.807, 2.05) is 0 Å². The van der Waals surface area contributed by atoms with Crippen molar-refractivity contribution in [1.82, 2.24) is 0 Å². The molecule has 1 aliphatic rings. The van der Waals surface area contributed by atoms with Crippen LogP contribution in [-0.4, -0.2) is 11.1 Å². The van der Waals surface area contributed by atoms with Gasteiger partial charge in [-0.2, -0.15) is 0 Å². The van der Waals surface area contributed by atoms with E-state index < -0.39 is 17.3 Å². The Kier molecular flexibility index (Phi) is 2.89. The highest BCUT2D eigenvalue weighted by molar-refractivity contribution is 5.76. The van der Waals surface area contributed by atoms with Gasteiger partial charge in [-0.15, -0.1) is 0 Å². The fourth-order valence-corrected chi connectivity index (χ4v) is 2.56. The molecule has 1 aromatic carbocycles. The quantitative estimate of drug-likeness (QED) is 0.878. The lowest BCUT2D eigenvalue weighted by atomic mass is 9.76. The molecule has 0 heterocycles. The number of hydrogen-bond donors (Lipinski definition) is 1. The van der Waals surface area contributed by atoms with Crippen LogP contribution < -0.4 is 0 Å². The van der Waals surface area contributed by atoms with Gasteiger partial charge in [-0.25, -0.2) is 8.78 Å². The van der Waals surface area contributed by atoms with Gasteiger partial charge < -0.3 is 5.11 Å². The van der Waals surface area contributed by atoms with Crippen molar-refractivity contribution in [3.63, 3.8) is 0 Å². The maximum atomic E-state index is 14.4. The molecule has 0 bridgehead atoms. The SMILES string of the molecule is O=C(O)C1(C(F)(F)c2ccccc2)CCCC1.